The van der Waals surface area contributed by atoms with Crippen molar-refractivity contribution in [2.45, 2.75) is 44.6 Å². The Balaban J connectivity index is 2.00. The molecule has 1 saturated carbocycles. The molecule has 17 heavy (non-hydrogen) atoms. The molecule has 1 aromatic heterocycles. The molecule has 0 spiro atoms. The Morgan fingerprint density at radius 1 is 1.47 bits per heavy atom. The third kappa shape index (κ3) is 2.82. The molecule has 2 rings (SSSR count). The van der Waals surface area contributed by atoms with E-state index >= 15 is 0 Å². The van der Waals surface area contributed by atoms with Crippen LogP contribution < -0.4 is 5.73 Å². The summed E-state index contributed by atoms with van der Waals surface area (Å²) in [6.45, 7) is 2.04. The summed E-state index contributed by atoms with van der Waals surface area (Å²) in [6.07, 6.45) is 3.79. The van der Waals surface area contributed by atoms with E-state index in [1.807, 2.05) is 0 Å². The first-order chi connectivity index (χ1) is 8.20. The van der Waals surface area contributed by atoms with Gasteiger partial charge in [-0.2, -0.15) is 4.98 Å². The normalized spacial score (nSPS) is 24.6. The van der Waals surface area contributed by atoms with E-state index in [9.17, 15) is 4.79 Å². The van der Waals surface area contributed by atoms with Gasteiger partial charge in [0.1, 0.15) is 0 Å². The molecule has 2 N–H and O–H groups in total. The van der Waals surface area contributed by atoms with Gasteiger partial charge >= 0.3 is 5.97 Å². The Kier molecular flexibility index (Phi) is 3.73. The van der Waals surface area contributed by atoms with Crippen LogP contribution in [0.5, 0.6) is 0 Å². The van der Waals surface area contributed by atoms with E-state index in [-0.39, 0.29) is 17.8 Å². The largest absolute Gasteiger partial charge is 0.460 e. The van der Waals surface area contributed by atoms with Crippen LogP contribution in [-0.4, -0.2) is 28.8 Å². The molecular weight excluding hydrogens is 222 g/mol. The highest BCUT2D eigenvalue weighted by molar-refractivity contribution is 5.84. The average molecular weight is 239 g/mol. The van der Waals surface area contributed by atoms with Crippen LogP contribution in [0, 0.1) is 0 Å². The number of hydrogen-bond acceptors (Lipinski definition) is 6. The fraction of sp³-hybridized carbons (Fsp3) is 0.727. The van der Waals surface area contributed by atoms with E-state index in [1.54, 1.807) is 6.92 Å². The van der Waals surface area contributed by atoms with Gasteiger partial charge in [0, 0.05) is 12.0 Å². The zero-order valence-electron chi connectivity index (χ0n) is 9.89. The predicted octanol–water partition coefficient (Wildman–Crippen LogP) is 1.23. The van der Waals surface area contributed by atoms with Crippen LogP contribution in [-0.2, 0) is 4.74 Å². The van der Waals surface area contributed by atoms with Crippen LogP contribution in [0.25, 0.3) is 0 Å². The van der Waals surface area contributed by atoms with Crippen molar-refractivity contribution >= 4 is 5.97 Å². The number of hydrogen-bond donors (Lipinski definition) is 1. The van der Waals surface area contributed by atoms with Gasteiger partial charge in [-0.15, -0.1) is 0 Å². The minimum absolute atomic E-state index is 0.0109. The molecule has 0 atom stereocenters. The lowest BCUT2D eigenvalue weighted by atomic mass is 9.86. The van der Waals surface area contributed by atoms with E-state index in [0.717, 1.165) is 25.7 Å². The Morgan fingerprint density at radius 2 is 2.18 bits per heavy atom. The maximum atomic E-state index is 11.4. The molecule has 0 unspecified atom stereocenters. The van der Waals surface area contributed by atoms with Gasteiger partial charge in [0.15, 0.2) is 0 Å². The number of rotatable bonds is 3. The number of carbonyl (C=O) groups excluding carboxylic acids is 1. The van der Waals surface area contributed by atoms with Gasteiger partial charge in [-0.3, -0.25) is 0 Å². The van der Waals surface area contributed by atoms with Crippen LogP contribution >= 0.6 is 0 Å². The van der Waals surface area contributed by atoms with Gasteiger partial charge < -0.3 is 15.0 Å². The standard InChI is InChI=1S/C11H17N3O3/c1-2-16-11(15)9-13-10(17-14-9)7-3-5-8(12)6-4-7/h7-8H,2-6,12H2,1H3. The average Bonchev–Trinajstić information content (AvgIpc) is 2.80. The summed E-state index contributed by atoms with van der Waals surface area (Å²) in [5, 5.41) is 3.64. The van der Waals surface area contributed by atoms with E-state index in [4.69, 9.17) is 15.0 Å². The second-order valence-corrected chi connectivity index (χ2v) is 4.29. The SMILES string of the molecule is CCOC(=O)c1noc(C2CCC(N)CC2)n1. The van der Waals surface area contributed by atoms with Gasteiger partial charge in [-0.1, -0.05) is 0 Å². The van der Waals surface area contributed by atoms with Gasteiger partial charge in [-0.25, -0.2) is 4.79 Å². The van der Waals surface area contributed by atoms with Gasteiger partial charge in [0.25, 0.3) is 5.82 Å². The van der Waals surface area contributed by atoms with E-state index < -0.39 is 5.97 Å². The molecular formula is C11H17N3O3. The molecule has 0 saturated heterocycles. The third-order valence-corrected chi connectivity index (χ3v) is 3.02. The summed E-state index contributed by atoms with van der Waals surface area (Å²) in [4.78, 5) is 15.4. The lowest BCUT2D eigenvalue weighted by Crippen LogP contribution is -2.25. The number of nitrogens with two attached hydrogens (primary N) is 1. The topological polar surface area (TPSA) is 91.2 Å². The van der Waals surface area contributed by atoms with Crippen molar-refractivity contribution in [2.75, 3.05) is 6.61 Å². The van der Waals surface area contributed by atoms with Crippen molar-refractivity contribution in [3.05, 3.63) is 11.7 Å². The summed E-state index contributed by atoms with van der Waals surface area (Å²) in [6, 6.07) is 0.277. The fourth-order valence-corrected chi connectivity index (χ4v) is 2.05. The molecule has 6 heteroatoms. The van der Waals surface area contributed by atoms with E-state index in [2.05, 4.69) is 10.1 Å². The zero-order valence-corrected chi connectivity index (χ0v) is 9.89. The van der Waals surface area contributed by atoms with Crippen molar-refractivity contribution in [2.24, 2.45) is 5.73 Å². The Morgan fingerprint density at radius 3 is 2.82 bits per heavy atom. The van der Waals surface area contributed by atoms with Crippen molar-refractivity contribution in [1.82, 2.24) is 10.1 Å². The summed E-state index contributed by atoms with van der Waals surface area (Å²) >= 11 is 0. The molecule has 1 fully saturated rings. The van der Waals surface area contributed by atoms with Crippen LogP contribution in [0.3, 0.4) is 0 Å². The highest BCUT2D eigenvalue weighted by Gasteiger charge is 2.26. The molecule has 0 aliphatic heterocycles. The zero-order chi connectivity index (χ0) is 12.3. The van der Waals surface area contributed by atoms with Crippen LogP contribution in [0.4, 0.5) is 0 Å². The molecule has 1 aliphatic rings. The van der Waals surface area contributed by atoms with Crippen LogP contribution in [0.1, 0.15) is 55.0 Å². The Hall–Kier alpha value is -1.43. The monoisotopic (exact) mass is 239 g/mol. The van der Waals surface area contributed by atoms with Gasteiger partial charge in [0.2, 0.25) is 5.89 Å². The minimum atomic E-state index is -0.532. The van der Waals surface area contributed by atoms with Crippen molar-refractivity contribution in [3.8, 4) is 0 Å². The van der Waals surface area contributed by atoms with Crippen molar-refractivity contribution in [3.63, 3.8) is 0 Å². The highest BCUT2D eigenvalue weighted by atomic mass is 16.5. The molecule has 1 aliphatic carbocycles. The Bertz CT molecular complexity index is 383. The summed E-state index contributed by atoms with van der Waals surface area (Å²) < 4.78 is 9.91. The second kappa shape index (κ2) is 5.27. The van der Waals surface area contributed by atoms with E-state index in [1.165, 1.54) is 0 Å². The third-order valence-electron chi connectivity index (χ3n) is 3.02. The lowest BCUT2D eigenvalue weighted by Gasteiger charge is -2.22. The predicted molar refractivity (Wildman–Crippen MR) is 59.4 cm³/mol. The van der Waals surface area contributed by atoms with Crippen LogP contribution in [0.2, 0.25) is 0 Å². The molecule has 1 aromatic rings. The van der Waals surface area contributed by atoms with Gasteiger partial charge in [0.05, 0.1) is 6.61 Å². The summed E-state index contributed by atoms with van der Waals surface area (Å²) in [5.74, 6) is 0.233. The Labute approximate surface area is 99.5 Å². The quantitative estimate of drug-likeness (QED) is 0.798. The fourth-order valence-electron chi connectivity index (χ4n) is 2.05. The number of nitrogens with zero attached hydrogens (tertiary/aromatic N) is 2. The second-order valence-electron chi connectivity index (χ2n) is 4.29. The molecule has 0 bridgehead atoms. The number of esters is 1. The summed E-state index contributed by atoms with van der Waals surface area (Å²) in [7, 11) is 0. The maximum Gasteiger partial charge on any atom is 0.379 e. The maximum absolute atomic E-state index is 11.4. The van der Waals surface area contributed by atoms with Crippen LogP contribution in [0.15, 0.2) is 4.52 Å². The lowest BCUT2D eigenvalue weighted by molar-refractivity contribution is 0.0508. The molecule has 0 amide bonds. The van der Waals surface area contributed by atoms with Crippen molar-refractivity contribution < 1.29 is 14.1 Å². The molecule has 0 aromatic carbocycles. The first-order valence-corrected chi connectivity index (χ1v) is 5.97. The highest BCUT2D eigenvalue weighted by Crippen LogP contribution is 2.31. The molecule has 94 valence electrons. The minimum Gasteiger partial charge on any atom is -0.460 e. The van der Waals surface area contributed by atoms with Crippen molar-refractivity contribution in [1.29, 1.82) is 0 Å². The first kappa shape index (κ1) is 12.0. The molecule has 0 radical (unpaired) electrons. The smallest absolute Gasteiger partial charge is 0.379 e. The van der Waals surface area contributed by atoms with E-state index in [0.29, 0.717) is 12.5 Å². The summed E-state index contributed by atoms with van der Waals surface area (Å²) in [5.41, 5.74) is 5.83. The molecule has 1 heterocycles. The number of carbonyl (C=O) groups is 1. The molecule has 6 nitrogen and oxygen atoms in total. The number of ether oxygens (including phenoxy) is 1. The first-order valence-electron chi connectivity index (χ1n) is 5.97. The number of aromatic nitrogens is 2. The van der Waals surface area contributed by atoms with Gasteiger partial charge in [-0.05, 0) is 37.8 Å².